The zero-order chi connectivity index (χ0) is 22.0. The Hall–Kier alpha value is -3.45. The maximum atomic E-state index is 6.37. The largest absolute Gasteiger partial charge is 0.484 e. The molecule has 0 bridgehead atoms. The summed E-state index contributed by atoms with van der Waals surface area (Å²) in [5.74, 6) is 1.55. The van der Waals surface area contributed by atoms with Gasteiger partial charge in [-0.05, 0) is 38.6 Å². The monoisotopic (exact) mass is 416 g/mol. The van der Waals surface area contributed by atoms with E-state index >= 15 is 0 Å². The molecule has 1 N–H and O–H groups in total. The van der Waals surface area contributed by atoms with Gasteiger partial charge < -0.3 is 15.0 Å². The Morgan fingerprint density at radius 3 is 2.52 bits per heavy atom. The van der Waals surface area contributed by atoms with Crippen molar-refractivity contribution in [1.82, 2.24) is 25.3 Å². The highest BCUT2D eigenvalue weighted by atomic mass is 16.5. The van der Waals surface area contributed by atoms with Crippen LogP contribution < -0.4 is 15.0 Å². The first-order chi connectivity index (χ1) is 15.0. The normalized spacial score (nSPS) is 12.2. The quantitative estimate of drug-likeness (QED) is 0.494. The summed E-state index contributed by atoms with van der Waals surface area (Å²) in [7, 11) is 5.83. The van der Waals surface area contributed by atoms with Gasteiger partial charge in [0.1, 0.15) is 17.4 Å². The molecule has 7 nitrogen and oxygen atoms in total. The van der Waals surface area contributed by atoms with Crippen molar-refractivity contribution in [2.45, 2.75) is 20.0 Å². The lowest BCUT2D eigenvalue weighted by Crippen LogP contribution is -2.22. The number of anilines is 1. The molecule has 0 aliphatic heterocycles. The number of nitrogens with zero attached hydrogens (tertiary/aromatic N) is 5. The molecular formula is C24H28N6O. The van der Waals surface area contributed by atoms with Crippen molar-refractivity contribution in [2.24, 2.45) is 0 Å². The topological polar surface area (TPSA) is 68.1 Å². The number of ether oxygens (including phenoxy) is 1. The Labute approximate surface area is 182 Å². The standard InChI is InChI=1S/C24H28N6O/c1-16-22-17(2)30(28-23(22)24(27-26-16)29(4)5)19-12-9-13-20(14-19)31-21(15-25-3)18-10-7-6-8-11-18/h6-14,21,25H,15H2,1-5H3/t21-/m0/s1. The zero-order valence-corrected chi connectivity index (χ0v) is 18.6. The van der Waals surface area contributed by atoms with Crippen molar-refractivity contribution in [3.8, 4) is 11.4 Å². The molecule has 0 unspecified atom stereocenters. The second-order valence-electron chi connectivity index (χ2n) is 7.80. The van der Waals surface area contributed by atoms with Gasteiger partial charge in [-0.1, -0.05) is 36.4 Å². The number of nitrogens with one attached hydrogen (secondary N) is 1. The van der Waals surface area contributed by atoms with Gasteiger partial charge in [-0.2, -0.15) is 10.2 Å². The van der Waals surface area contributed by atoms with E-state index in [0.29, 0.717) is 6.54 Å². The molecule has 31 heavy (non-hydrogen) atoms. The van der Waals surface area contributed by atoms with E-state index in [4.69, 9.17) is 9.84 Å². The first-order valence-corrected chi connectivity index (χ1v) is 10.4. The Kier molecular flexibility index (Phi) is 5.86. The smallest absolute Gasteiger partial charge is 0.179 e. The summed E-state index contributed by atoms with van der Waals surface area (Å²) >= 11 is 0. The van der Waals surface area contributed by atoms with Gasteiger partial charge in [-0.15, -0.1) is 5.10 Å². The van der Waals surface area contributed by atoms with Gasteiger partial charge in [0.05, 0.1) is 22.5 Å². The summed E-state index contributed by atoms with van der Waals surface area (Å²) in [4.78, 5) is 1.94. The minimum absolute atomic E-state index is 0.0878. The van der Waals surface area contributed by atoms with Crippen LogP contribution in [0.25, 0.3) is 16.6 Å². The van der Waals surface area contributed by atoms with Crippen LogP contribution in [0.3, 0.4) is 0 Å². The average molecular weight is 417 g/mol. The number of fused-ring (bicyclic) bond motifs is 1. The highest BCUT2D eigenvalue weighted by Gasteiger charge is 2.19. The van der Waals surface area contributed by atoms with Gasteiger partial charge in [0.2, 0.25) is 0 Å². The lowest BCUT2D eigenvalue weighted by Gasteiger charge is -2.20. The molecule has 0 saturated heterocycles. The molecule has 0 spiro atoms. The number of hydrogen-bond acceptors (Lipinski definition) is 6. The number of aryl methyl sites for hydroxylation is 2. The predicted molar refractivity (Wildman–Crippen MR) is 124 cm³/mol. The Bertz CT molecular complexity index is 1190. The van der Waals surface area contributed by atoms with Crippen LogP contribution in [-0.4, -0.2) is 47.7 Å². The van der Waals surface area contributed by atoms with Gasteiger partial charge in [-0.25, -0.2) is 4.68 Å². The third-order valence-electron chi connectivity index (χ3n) is 5.31. The van der Waals surface area contributed by atoms with Crippen LogP contribution >= 0.6 is 0 Å². The molecule has 0 aliphatic rings. The number of likely N-dealkylation sites (N-methyl/N-ethyl adjacent to an activating group) is 1. The first kappa shape index (κ1) is 20.8. The van der Waals surface area contributed by atoms with E-state index in [1.54, 1.807) is 0 Å². The third-order valence-corrected chi connectivity index (χ3v) is 5.31. The summed E-state index contributed by atoms with van der Waals surface area (Å²) in [5.41, 5.74) is 4.81. The van der Waals surface area contributed by atoms with E-state index in [1.807, 2.05) is 80.1 Å². The highest BCUT2D eigenvalue weighted by molar-refractivity contribution is 5.92. The lowest BCUT2D eigenvalue weighted by molar-refractivity contribution is 0.205. The SMILES string of the molecule is CNC[C@H](Oc1cccc(-n2nc3c(N(C)C)nnc(C)c3c2C)c1)c1ccccc1. The number of aromatic nitrogens is 4. The van der Waals surface area contributed by atoms with E-state index in [2.05, 4.69) is 34.6 Å². The van der Waals surface area contributed by atoms with Gasteiger partial charge in [-0.3, -0.25) is 0 Å². The maximum Gasteiger partial charge on any atom is 0.179 e. The maximum absolute atomic E-state index is 6.37. The van der Waals surface area contributed by atoms with Gasteiger partial charge in [0, 0.05) is 26.7 Å². The first-order valence-electron chi connectivity index (χ1n) is 10.4. The Balaban J connectivity index is 1.73. The molecule has 2 heterocycles. The minimum Gasteiger partial charge on any atom is -0.484 e. The van der Waals surface area contributed by atoms with Crippen LogP contribution in [0.1, 0.15) is 23.1 Å². The van der Waals surface area contributed by atoms with Crippen LogP contribution in [0.2, 0.25) is 0 Å². The second kappa shape index (κ2) is 8.73. The van der Waals surface area contributed by atoms with Crippen LogP contribution in [0.5, 0.6) is 5.75 Å². The molecule has 1 atom stereocenters. The van der Waals surface area contributed by atoms with Crippen LogP contribution in [0.4, 0.5) is 5.82 Å². The summed E-state index contributed by atoms with van der Waals surface area (Å²) in [6.07, 6.45) is -0.0878. The minimum atomic E-state index is -0.0878. The average Bonchev–Trinajstić information content (AvgIpc) is 3.12. The molecule has 160 valence electrons. The van der Waals surface area contributed by atoms with Crippen molar-refractivity contribution in [1.29, 1.82) is 0 Å². The second-order valence-corrected chi connectivity index (χ2v) is 7.80. The molecular weight excluding hydrogens is 388 g/mol. The number of hydrogen-bond donors (Lipinski definition) is 1. The van der Waals surface area contributed by atoms with Gasteiger partial charge >= 0.3 is 0 Å². The van der Waals surface area contributed by atoms with Crippen LogP contribution in [-0.2, 0) is 0 Å². The summed E-state index contributed by atoms with van der Waals surface area (Å²) in [6, 6.07) is 18.3. The number of benzene rings is 2. The molecule has 0 aliphatic carbocycles. The summed E-state index contributed by atoms with van der Waals surface area (Å²) in [5, 5.41) is 17.8. The fourth-order valence-corrected chi connectivity index (χ4v) is 3.80. The fourth-order valence-electron chi connectivity index (χ4n) is 3.80. The molecule has 0 saturated carbocycles. The van der Waals surface area contributed by atoms with E-state index in [-0.39, 0.29) is 6.10 Å². The third kappa shape index (κ3) is 4.09. The molecule has 0 fully saturated rings. The van der Waals surface area contributed by atoms with Crippen molar-refractivity contribution in [2.75, 3.05) is 32.6 Å². The van der Waals surface area contributed by atoms with Crippen LogP contribution in [0, 0.1) is 13.8 Å². The molecule has 4 aromatic rings. The molecule has 0 radical (unpaired) electrons. The summed E-state index contributed by atoms with van der Waals surface area (Å²) < 4.78 is 8.31. The molecule has 0 amide bonds. The molecule has 2 aromatic heterocycles. The van der Waals surface area contributed by atoms with E-state index in [0.717, 1.165) is 45.1 Å². The Morgan fingerprint density at radius 2 is 1.81 bits per heavy atom. The van der Waals surface area contributed by atoms with Gasteiger partial charge in [0.15, 0.2) is 5.82 Å². The number of rotatable bonds is 7. The van der Waals surface area contributed by atoms with Crippen molar-refractivity contribution >= 4 is 16.7 Å². The van der Waals surface area contributed by atoms with E-state index in [1.165, 1.54) is 0 Å². The van der Waals surface area contributed by atoms with Crippen molar-refractivity contribution < 1.29 is 4.74 Å². The molecule has 7 heteroatoms. The highest BCUT2D eigenvalue weighted by Crippen LogP contribution is 2.30. The lowest BCUT2D eigenvalue weighted by atomic mass is 10.1. The zero-order valence-electron chi connectivity index (χ0n) is 18.6. The Morgan fingerprint density at radius 1 is 1.03 bits per heavy atom. The molecule has 2 aromatic carbocycles. The summed E-state index contributed by atoms with van der Waals surface area (Å²) in [6.45, 7) is 4.74. The van der Waals surface area contributed by atoms with Crippen molar-refractivity contribution in [3.63, 3.8) is 0 Å². The fraction of sp³-hybridized carbons (Fsp3) is 0.292. The van der Waals surface area contributed by atoms with E-state index in [9.17, 15) is 0 Å². The van der Waals surface area contributed by atoms with E-state index < -0.39 is 0 Å². The van der Waals surface area contributed by atoms with Crippen LogP contribution in [0.15, 0.2) is 54.6 Å². The van der Waals surface area contributed by atoms with Gasteiger partial charge in [0.25, 0.3) is 0 Å². The molecule has 4 rings (SSSR count). The predicted octanol–water partition coefficient (Wildman–Crippen LogP) is 3.84. The van der Waals surface area contributed by atoms with Crippen molar-refractivity contribution in [3.05, 3.63) is 71.5 Å².